The van der Waals surface area contributed by atoms with E-state index in [2.05, 4.69) is 20.7 Å². The van der Waals surface area contributed by atoms with Crippen molar-refractivity contribution in [2.24, 2.45) is 0 Å². The highest BCUT2D eigenvalue weighted by Gasteiger charge is 2.13. The minimum atomic E-state index is -0.220. The van der Waals surface area contributed by atoms with E-state index in [4.69, 9.17) is 0 Å². The van der Waals surface area contributed by atoms with Gasteiger partial charge in [-0.2, -0.15) is 5.10 Å². The number of anilines is 1. The first kappa shape index (κ1) is 17.8. The average Bonchev–Trinajstić information content (AvgIpc) is 3.24. The lowest BCUT2D eigenvalue weighted by molar-refractivity contribution is -0.122. The zero-order valence-corrected chi connectivity index (χ0v) is 15.3. The number of nitrogens with zero attached hydrogens (tertiary/aromatic N) is 3. The number of carbonyl (C=O) groups is 2. The summed E-state index contributed by atoms with van der Waals surface area (Å²) in [6.07, 6.45) is 3.14. The number of hydrogen-bond acceptors (Lipinski definition) is 5. The van der Waals surface area contributed by atoms with E-state index in [0.29, 0.717) is 11.3 Å². The van der Waals surface area contributed by atoms with E-state index in [1.54, 1.807) is 41.8 Å². The van der Waals surface area contributed by atoms with Gasteiger partial charge in [0, 0.05) is 17.1 Å². The average molecular weight is 369 g/mol. The molecule has 0 aliphatic heterocycles. The molecule has 26 heavy (non-hydrogen) atoms. The van der Waals surface area contributed by atoms with E-state index < -0.39 is 0 Å². The first-order valence-corrected chi connectivity index (χ1v) is 8.99. The lowest BCUT2D eigenvalue weighted by Crippen LogP contribution is -2.30. The molecular weight excluding hydrogens is 350 g/mol. The third-order valence-corrected chi connectivity index (χ3v) is 4.48. The standard InChI is InChI=1S/C18H19N5O2S/c1-12(16-11-26-13(2)21-16)20-17(24)10-23-9-15(8-19-23)22-18(25)14-6-4-3-5-7-14/h3-9,11-12H,10H2,1-2H3,(H,20,24)(H,22,25). The molecule has 0 fully saturated rings. The first-order valence-electron chi connectivity index (χ1n) is 8.11. The number of amides is 2. The van der Waals surface area contributed by atoms with Crippen LogP contribution >= 0.6 is 11.3 Å². The summed E-state index contributed by atoms with van der Waals surface area (Å²) in [6.45, 7) is 3.88. The number of aromatic nitrogens is 3. The Labute approximate surface area is 155 Å². The van der Waals surface area contributed by atoms with Gasteiger partial charge in [-0.3, -0.25) is 14.3 Å². The van der Waals surface area contributed by atoms with Gasteiger partial charge in [-0.25, -0.2) is 4.98 Å². The zero-order chi connectivity index (χ0) is 18.5. The van der Waals surface area contributed by atoms with Crippen LogP contribution in [0.4, 0.5) is 5.69 Å². The van der Waals surface area contributed by atoms with E-state index in [1.807, 2.05) is 25.3 Å². The Kier molecular flexibility index (Phi) is 5.43. The second-order valence-corrected chi connectivity index (χ2v) is 6.89. The predicted molar refractivity (Wildman–Crippen MR) is 100 cm³/mol. The minimum Gasteiger partial charge on any atom is -0.346 e. The van der Waals surface area contributed by atoms with Gasteiger partial charge in [0.15, 0.2) is 0 Å². The Bertz CT molecular complexity index is 903. The monoisotopic (exact) mass is 369 g/mol. The summed E-state index contributed by atoms with van der Waals surface area (Å²) in [5.74, 6) is -0.394. The van der Waals surface area contributed by atoms with Crippen LogP contribution in [0.3, 0.4) is 0 Å². The maximum absolute atomic E-state index is 12.2. The fourth-order valence-corrected chi connectivity index (χ4v) is 3.10. The lowest BCUT2D eigenvalue weighted by Gasteiger charge is -2.11. The molecule has 0 aliphatic carbocycles. The quantitative estimate of drug-likeness (QED) is 0.699. The highest BCUT2D eigenvalue weighted by Crippen LogP contribution is 2.15. The summed E-state index contributed by atoms with van der Waals surface area (Å²) in [6, 6.07) is 8.74. The molecule has 2 N–H and O–H groups in total. The van der Waals surface area contributed by atoms with Gasteiger partial charge in [0.2, 0.25) is 5.91 Å². The zero-order valence-electron chi connectivity index (χ0n) is 14.5. The molecule has 1 unspecified atom stereocenters. The smallest absolute Gasteiger partial charge is 0.255 e. The number of hydrogen-bond donors (Lipinski definition) is 2. The van der Waals surface area contributed by atoms with Crippen molar-refractivity contribution >= 4 is 28.8 Å². The van der Waals surface area contributed by atoms with Gasteiger partial charge in [-0.15, -0.1) is 11.3 Å². The maximum Gasteiger partial charge on any atom is 0.255 e. The van der Waals surface area contributed by atoms with Crippen molar-refractivity contribution in [2.45, 2.75) is 26.4 Å². The number of aryl methyl sites for hydroxylation is 1. The molecule has 134 valence electrons. The minimum absolute atomic E-state index is 0.0642. The second-order valence-electron chi connectivity index (χ2n) is 5.83. The number of carbonyl (C=O) groups excluding carboxylic acids is 2. The van der Waals surface area contributed by atoms with E-state index in [-0.39, 0.29) is 24.4 Å². The summed E-state index contributed by atoms with van der Waals surface area (Å²) in [7, 11) is 0. The highest BCUT2D eigenvalue weighted by molar-refractivity contribution is 7.09. The molecule has 0 radical (unpaired) electrons. The van der Waals surface area contributed by atoms with Gasteiger partial charge in [0.1, 0.15) is 6.54 Å². The molecule has 2 aromatic heterocycles. The van der Waals surface area contributed by atoms with Crippen molar-refractivity contribution in [1.82, 2.24) is 20.1 Å². The molecule has 3 rings (SSSR count). The van der Waals surface area contributed by atoms with Gasteiger partial charge in [0.05, 0.1) is 28.6 Å². The molecule has 0 saturated heterocycles. The molecule has 8 heteroatoms. The first-order chi connectivity index (χ1) is 12.5. The molecule has 7 nitrogen and oxygen atoms in total. The molecule has 2 amide bonds. The van der Waals surface area contributed by atoms with Crippen LogP contribution in [-0.4, -0.2) is 26.6 Å². The normalized spacial score (nSPS) is 11.8. The predicted octanol–water partition coefficient (Wildman–Crippen LogP) is 2.78. The van der Waals surface area contributed by atoms with Crippen molar-refractivity contribution < 1.29 is 9.59 Å². The van der Waals surface area contributed by atoms with Crippen LogP contribution in [0.5, 0.6) is 0 Å². The van der Waals surface area contributed by atoms with Gasteiger partial charge >= 0.3 is 0 Å². The number of thiazole rings is 1. The van der Waals surface area contributed by atoms with Gasteiger partial charge in [-0.05, 0) is 26.0 Å². The molecule has 2 heterocycles. The third kappa shape index (κ3) is 4.54. The number of benzene rings is 1. The topological polar surface area (TPSA) is 88.9 Å². The van der Waals surface area contributed by atoms with Crippen LogP contribution in [-0.2, 0) is 11.3 Å². The Hall–Kier alpha value is -3.00. The van der Waals surface area contributed by atoms with E-state index >= 15 is 0 Å². The highest BCUT2D eigenvalue weighted by atomic mass is 32.1. The SMILES string of the molecule is Cc1nc(C(C)NC(=O)Cn2cc(NC(=O)c3ccccc3)cn2)cs1. The second kappa shape index (κ2) is 7.92. The molecule has 0 aliphatic rings. The van der Waals surface area contributed by atoms with Crippen LogP contribution in [0.15, 0.2) is 48.1 Å². The largest absolute Gasteiger partial charge is 0.346 e. The summed E-state index contributed by atoms with van der Waals surface area (Å²) >= 11 is 1.55. The Morgan fingerprint density at radius 3 is 2.73 bits per heavy atom. The van der Waals surface area contributed by atoms with E-state index in [9.17, 15) is 9.59 Å². The Balaban J connectivity index is 1.54. The van der Waals surface area contributed by atoms with Crippen molar-refractivity contribution in [3.05, 3.63) is 64.4 Å². The molecule has 1 aromatic carbocycles. The van der Waals surface area contributed by atoms with Crippen molar-refractivity contribution in [3.63, 3.8) is 0 Å². The number of rotatable bonds is 6. The van der Waals surface area contributed by atoms with Crippen molar-refractivity contribution in [3.8, 4) is 0 Å². The van der Waals surface area contributed by atoms with E-state index in [0.717, 1.165) is 10.7 Å². The fourth-order valence-electron chi connectivity index (χ4n) is 2.39. The number of nitrogens with one attached hydrogen (secondary N) is 2. The van der Waals surface area contributed by atoms with Gasteiger partial charge in [0.25, 0.3) is 5.91 Å². The molecule has 1 atom stereocenters. The van der Waals surface area contributed by atoms with Crippen LogP contribution in [0, 0.1) is 6.92 Å². The van der Waals surface area contributed by atoms with E-state index in [1.165, 1.54) is 10.9 Å². The van der Waals surface area contributed by atoms with Crippen molar-refractivity contribution in [1.29, 1.82) is 0 Å². The fraction of sp³-hybridized carbons (Fsp3) is 0.222. The summed E-state index contributed by atoms with van der Waals surface area (Å²) in [4.78, 5) is 28.7. The Morgan fingerprint density at radius 1 is 1.27 bits per heavy atom. The van der Waals surface area contributed by atoms with Crippen LogP contribution in [0.2, 0.25) is 0 Å². The molecule has 0 saturated carbocycles. The van der Waals surface area contributed by atoms with Crippen LogP contribution in [0.1, 0.15) is 34.0 Å². The summed E-state index contributed by atoms with van der Waals surface area (Å²) < 4.78 is 1.48. The van der Waals surface area contributed by atoms with Gasteiger partial charge in [-0.1, -0.05) is 18.2 Å². The molecular formula is C18H19N5O2S. The van der Waals surface area contributed by atoms with Crippen LogP contribution < -0.4 is 10.6 Å². The lowest BCUT2D eigenvalue weighted by atomic mass is 10.2. The maximum atomic E-state index is 12.2. The van der Waals surface area contributed by atoms with Crippen LogP contribution in [0.25, 0.3) is 0 Å². The summed E-state index contributed by atoms with van der Waals surface area (Å²) in [5.41, 5.74) is 1.94. The van der Waals surface area contributed by atoms with Crippen molar-refractivity contribution in [2.75, 3.05) is 5.32 Å². The summed E-state index contributed by atoms with van der Waals surface area (Å²) in [5, 5.41) is 12.7. The molecule has 0 bridgehead atoms. The van der Waals surface area contributed by atoms with Gasteiger partial charge < -0.3 is 10.6 Å². The third-order valence-electron chi connectivity index (χ3n) is 3.69. The molecule has 0 spiro atoms. The Morgan fingerprint density at radius 2 is 2.04 bits per heavy atom. The molecule has 3 aromatic rings.